The number of carbonyl (C=O) groups excluding carboxylic acids is 2. The minimum atomic E-state index is -0.378. The highest BCUT2D eigenvalue weighted by atomic mass is 16.6. The van der Waals surface area contributed by atoms with Crippen molar-refractivity contribution in [2.24, 2.45) is 0 Å². The number of aromatic amines is 1. The zero-order chi connectivity index (χ0) is 17.4. The number of cyclic esters (lactones) is 1. The van der Waals surface area contributed by atoms with Gasteiger partial charge in [0, 0.05) is 23.9 Å². The molecule has 1 aromatic carbocycles. The van der Waals surface area contributed by atoms with Crippen molar-refractivity contribution in [3.63, 3.8) is 0 Å². The van der Waals surface area contributed by atoms with Crippen LogP contribution < -0.4 is 10.2 Å². The number of aromatic nitrogens is 2. The molecule has 1 aromatic heterocycles. The van der Waals surface area contributed by atoms with Gasteiger partial charge in [-0.05, 0) is 42.5 Å². The Labute approximate surface area is 145 Å². The molecule has 1 aliphatic carbocycles. The molecular formula is C18H20N4O3. The van der Waals surface area contributed by atoms with Crippen molar-refractivity contribution in [2.45, 2.75) is 32.3 Å². The number of H-pyrrole nitrogens is 1. The molecule has 7 nitrogen and oxygen atoms in total. The zero-order valence-corrected chi connectivity index (χ0v) is 14.0. The summed E-state index contributed by atoms with van der Waals surface area (Å²) in [7, 11) is 0. The molecule has 0 saturated carbocycles. The molecule has 4 rings (SSSR count). The van der Waals surface area contributed by atoms with Crippen LogP contribution in [0.4, 0.5) is 10.5 Å². The largest absolute Gasteiger partial charge is 0.442 e. The molecule has 130 valence electrons. The SMILES string of the molecule is CC(=O)NCC1CN(c2ccc3c(c2)-c2cn[nH]c2CCC3)C(=O)O1. The fourth-order valence-electron chi connectivity index (χ4n) is 3.49. The van der Waals surface area contributed by atoms with E-state index in [2.05, 4.69) is 21.6 Å². The van der Waals surface area contributed by atoms with E-state index < -0.39 is 0 Å². The third-order valence-electron chi connectivity index (χ3n) is 4.74. The van der Waals surface area contributed by atoms with Gasteiger partial charge in [-0.15, -0.1) is 0 Å². The molecule has 7 heteroatoms. The molecule has 2 N–H and O–H groups in total. The molecule has 1 unspecified atom stereocenters. The smallest absolute Gasteiger partial charge is 0.414 e. The molecule has 1 aliphatic heterocycles. The van der Waals surface area contributed by atoms with Gasteiger partial charge in [0.1, 0.15) is 6.10 Å². The first kappa shape index (κ1) is 15.7. The van der Waals surface area contributed by atoms with Crippen molar-refractivity contribution in [1.29, 1.82) is 0 Å². The second-order valence-corrected chi connectivity index (χ2v) is 6.51. The van der Waals surface area contributed by atoms with E-state index >= 15 is 0 Å². The highest BCUT2D eigenvalue weighted by molar-refractivity contribution is 5.91. The molecule has 25 heavy (non-hydrogen) atoms. The fraction of sp³-hybridized carbons (Fsp3) is 0.389. The normalized spacial score (nSPS) is 19.0. The van der Waals surface area contributed by atoms with Gasteiger partial charge in [0.25, 0.3) is 0 Å². The van der Waals surface area contributed by atoms with Crippen LogP contribution in [-0.4, -0.2) is 41.4 Å². The number of rotatable bonds is 3. The van der Waals surface area contributed by atoms with E-state index in [0.29, 0.717) is 13.1 Å². The number of nitrogens with one attached hydrogen (secondary N) is 2. The Hall–Kier alpha value is -2.83. The van der Waals surface area contributed by atoms with Crippen LogP contribution in [-0.2, 0) is 22.4 Å². The summed E-state index contributed by atoms with van der Waals surface area (Å²) in [6.45, 7) is 2.20. The number of benzene rings is 1. The van der Waals surface area contributed by atoms with Crippen LogP contribution in [0.25, 0.3) is 11.1 Å². The number of hydrogen-bond acceptors (Lipinski definition) is 4. The standard InChI is InChI=1S/C18H20N4O3/c1-11(23)19-8-14-10-22(18(24)25-14)13-6-5-12-3-2-4-17-16(9-20-21-17)15(12)7-13/h5-7,9,14H,2-4,8,10H2,1H3,(H,19,23)(H,20,21). The minimum Gasteiger partial charge on any atom is -0.442 e. The van der Waals surface area contributed by atoms with E-state index in [1.54, 1.807) is 4.90 Å². The van der Waals surface area contributed by atoms with Gasteiger partial charge in [-0.25, -0.2) is 4.79 Å². The Balaban J connectivity index is 1.61. The van der Waals surface area contributed by atoms with Crippen molar-refractivity contribution in [1.82, 2.24) is 15.5 Å². The predicted molar refractivity (Wildman–Crippen MR) is 92.3 cm³/mol. The summed E-state index contributed by atoms with van der Waals surface area (Å²) in [4.78, 5) is 24.9. The summed E-state index contributed by atoms with van der Waals surface area (Å²) in [5, 5.41) is 9.94. The average Bonchev–Trinajstić information content (AvgIpc) is 3.16. The molecule has 2 heterocycles. The number of aryl methyl sites for hydroxylation is 2. The summed E-state index contributed by atoms with van der Waals surface area (Å²) in [6.07, 6.45) is 4.20. The number of anilines is 1. The lowest BCUT2D eigenvalue weighted by Gasteiger charge is -2.16. The van der Waals surface area contributed by atoms with E-state index in [4.69, 9.17) is 4.74 Å². The van der Waals surface area contributed by atoms with Crippen LogP contribution >= 0.6 is 0 Å². The van der Waals surface area contributed by atoms with E-state index in [-0.39, 0.29) is 18.1 Å². The predicted octanol–water partition coefficient (Wildman–Crippen LogP) is 2.03. The summed E-state index contributed by atoms with van der Waals surface area (Å²) < 4.78 is 5.36. The molecule has 2 aromatic rings. The van der Waals surface area contributed by atoms with Gasteiger partial charge in [0.05, 0.1) is 19.3 Å². The first-order valence-electron chi connectivity index (χ1n) is 8.50. The summed E-state index contributed by atoms with van der Waals surface area (Å²) in [5.74, 6) is -0.132. The lowest BCUT2D eigenvalue weighted by molar-refractivity contribution is -0.119. The Bertz CT molecular complexity index is 829. The molecule has 0 spiro atoms. The molecule has 1 fully saturated rings. The number of nitrogens with zero attached hydrogens (tertiary/aromatic N) is 2. The van der Waals surface area contributed by atoms with Gasteiger partial charge in [0.2, 0.25) is 5.91 Å². The Morgan fingerprint density at radius 2 is 2.28 bits per heavy atom. The van der Waals surface area contributed by atoms with Crippen LogP contribution in [0, 0.1) is 0 Å². The Morgan fingerprint density at radius 1 is 1.40 bits per heavy atom. The molecule has 0 radical (unpaired) electrons. The van der Waals surface area contributed by atoms with E-state index in [9.17, 15) is 9.59 Å². The first-order chi connectivity index (χ1) is 12.1. The van der Waals surface area contributed by atoms with E-state index in [1.165, 1.54) is 12.5 Å². The number of fused-ring (bicyclic) bond motifs is 3. The first-order valence-corrected chi connectivity index (χ1v) is 8.50. The molecule has 2 amide bonds. The maximum absolute atomic E-state index is 12.2. The van der Waals surface area contributed by atoms with E-state index in [1.807, 2.05) is 18.3 Å². The van der Waals surface area contributed by atoms with Crippen molar-refractivity contribution in [2.75, 3.05) is 18.0 Å². The van der Waals surface area contributed by atoms with Crippen molar-refractivity contribution in [3.8, 4) is 11.1 Å². The third-order valence-corrected chi connectivity index (χ3v) is 4.74. The van der Waals surface area contributed by atoms with Gasteiger partial charge in [-0.1, -0.05) is 6.07 Å². The van der Waals surface area contributed by atoms with Crippen LogP contribution in [0.3, 0.4) is 0 Å². The molecule has 1 saturated heterocycles. The fourth-order valence-corrected chi connectivity index (χ4v) is 3.49. The molecule has 0 bridgehead atoms. The Kier molecular flexibility index (Phi) is 3.91. The summed E-state index contributed by atoms with van der Waals surface area (Å²) in [6, 6.07) is 6.09. The summed E-state index contributed by atoms with van der Waals surface area (Å²) in [5.41, 5.74) is 5.45. The quantitative estimate of drug-likeness (QED) is 0.895. The maximum Gasteiger partial charge on any atom is 0.414 e. The van der Waals surface area contributed by atoms with Gasteiger partial charge in [-0.3, -0.25) is 14.8 Å². The maximum atomic E-state index is 12.2. The topological polar surface area (TPSA) is 87.3 Å². The molecule has 2 aliphatic rings. The van der Waals surface area contributed by atoms with Crippen LogP contribution in [0.5, 0.6) is 0 Å². The van der Waals surface area contributed by atoms with Crippen molar-refractivity contribution < 1.29 is 14.3 Å². The van der Waals surface area contributed by atoms with E-state index in [0.717, 1.165) is 41.8 Å². The highest BCUT2D eigenvalue weighted by Gasteiger charge is 2.33. The van der Waals surface area contributed by atoms with Gasteiger partial charge in [0.15, 0.2) is 0 Å². The average molecular weight is 340 g/mol. The van der Waals surface area contributed by atoms with Gasteiger partial charge in [-0.2, -0.15) is 5.10 Å². The van der Waals surface area contributed by atoms with Gasteiger partial charge < -0.3 is 10.1 Å². The summed E-state index contributed by atoms with van der Waals surface area (Å²) >= 11 is 0. The van der Waals surface area contributed by atoms with Crippen LogP contribution in [0.15, 0.2) is 24.4 Å². The monoisotopic (exact) mass is 340 g/mol. The van der Waals surface area contributed by atoms with Crippen LogP contribution in [0.1, 0.15) is 24.6 Å². The number of hydrogen-bond donors (Lipinski definition) is 2. The Morgan fingerprint density at radius 3 is 3.12 bits per heavy atom. The lowest BCUT2D eigenvalue weighted by Crippen LogP contribution is -2.33. The minimum absolute atomic E-state index is 0.132. The number of amides is 2. The second kappa shape index (κ2) is 6.23. The third kappa shape index (κ3) is 2.97. The lowest BCUT2D eigenvalue weighted by atomic mass is 9.99. The zero-order valence-electron chi connectivity index (χ0n) is 14.0. The van der Waals surface area contributed by atoms with Crippen molar-refractivity contribution >= 4 is 17.7 Å². The highest BCUT2D eigenvalue weighted by Crippen LogP contribution is 2.35. The van der Waals surface area contributed by atoms with Crippen LogP contribution in [0.2, 0.25) is 0 Å². The second-order valence-electron chi connectivity index (χ2n) is 6.51. The molecule has 1 atom stereocenters. The van der Waals surface area contributed by atoms with Crippen molar-refractivity contribution in [3.05, 3.63) is 35.7 Å². The number of ether oxygens (including phenoxy) is 1. The molecular weight excluding hydrogens is 320 g/mol. The number of carbonyl (C=O) groups is 2. The van der Waals surface area contributed by atoms with Gasteiger partial charge >= 0.3 is 6.09 Å².